The Morgan fingerprint density at radius 3 is 3.14 bits per heavy atom. The third-order valence-electron chi connectivity index (χ3n) is 2.70. The number of nitrogens with zero attached hydrogens (tertiary/aromatic N) is 2. The molecular weight excluding hydrogens is 200 g/mol. The summed E-state index contributed by atoms with van der Waals surface area (Å²) >= 11 is 1.21. The van der Waals surface area contributed by atoms with Gasteiger partial charge in [-0.25, -0.2) is 0 Å². The van der Waals surface area contributed by atoms with Crippen LogP contribution in [-0.4, -0.2) is 33.7 Å². The van der Waals surface area contributed by atoms with E-state index in [-0.39, 0.29) is 12.0 Å². The van der Waals surface area contributed by atoms with Gasteiger partial charge in [0, 0.05) is 18.4 Å². The summed E-state index contributed by atoms with van der Waals surface area (Å²) in [5.41, 5.74) is 0.850. The van der Waals surface area contributed by atoms with Crippen LogP contribution in [0.1, 0.15) is 18.5 Å². The fourth-order valence-electron chi connectivity index (χ4n) is 1.88. The molecule has 1 N–H and O–H groups in total. The molecule has 78 valence electrons. The van der Waals surface area contributed by atoms with E-state index in [2.05, 4.69) is 8.75 Å². The van der Waals surface area contributed by atoms with Crippen molar-refractivity contribution in [1.82, 2.24) is 8.75 Å². The number of ether oxygens (including phenoxy) is 1. The molecule has 1 aliphatic heterocycles. The van der Waals surface area contributed by atoms with E-state index in [1.807, 2.05) is 0 Å². The van der Waals surface area contributed by atoms with Gasteiger partial charge in [0.25, 0.3) is 0 Å². The first kappa shape index (κ1) is 10.0. The summed E-state index contributed by atoms with van der Waals surface area (Å²) in [4.78, 5) is 0. The summed E-state index contributed by atoms with van der Waals surface area (Å²) in [6, 6.07) is 0. The topological polar surface area (TPSA) is 55.2 Å². The molecule has 1 saturated heterocycles. The molecule has 0 amide bonds. The average molecular weight is 214 g/mol. The van der Waals surface area contributed by atoms with E-state index in [0.29, 0.717) is 6.61 Å². The molecule has 4 nitrogen and oxygen atoms in total. The fraction of sp³-hybridized carbons (Fsp3) is 0.778. The SMILES string of the molecule is OCC1(Cc2cnsn2)CCCOC1. The molecule has 1 atom stereocenters. The van der Waals surface area contributed by atoms with Crippen LogP contribution in [0.4, 0.5) is 0 Å². The van der Waals surface area contributed by atoms with Crippen LogP contribution in [0.3, 0.4) is 0 Å². The van der Waals surface area contributed by atoms with Gasteiger partial charge in [-0.2, -0.15) is 8.75 Å². The van der Waals surface area contributed by atoms with Gasteiger partial charge in [-0.1, -0.05) is 0 Å². The van der Waals surface area contributed by atoms with Crippen LogP contribution >= 0.6 is 11.7 Å². The van der Waals surface area contributed by atoms with Gasteiger partial charge in [0.15, 0.2) is 0 Å². The number of hydrogen-bond donors (Lipinski definition) is 1. The molecular formula is C9H14N2O2S. The Morgan fingerprint density at radius 2 is 2.57 bits per heavy atom. The summed E-state index contributed by atoms with van der Waals surface area (Å²) < 4.78 is 13.5. The fourth-order valence-corrected chi connectivity index (χ4v) is 2.31. The van der Waals surface area contributed by atoms with Gasteiger partial charge in [0.2, 0.25) is 0 Å². The third kappa shape index (κ3) is 2.10. The maximum atomic E-state index is 9.42. The van der Waals surface area contributed by atoms with Crippen LogP contribution < -0.4 is 0 Å². The molecule has 5 heteroatoms. The highest BCUT2D eigenvalue weighted by molar-refractivity contribution is 6.99. The Morgan fingerprint density at radius 1 is 1.64 bits per heavy atom. The Hall–Kier alpha value is -0.520. The van der Waals surface area contributed by atoms with Crippen molar-refractivity contribution in [2.45, 2.75) is 19.3 Å². The second kappa shape index (κ2) is 4.33. The highest BCUT2D eigenvalue weighted by atomic mass is 32.1. The summed E-state index contributed by atoms with van der Waals surface area (Å²) in [7, 11) is 0. The summed E-state index contributed by atoms with van der Waals surface area (Å²) in [6.07, 6.45) is 4.59. The number of hydrogen-bond acceptors (Lipinski definition) is 5. The van der Waals surface area contributed by atoms with Crippen molar-refractivity contribution >= 4 is 11.7 Å². The van der Waals surface area contributed by atoms with Crippen LogP contribution in [-0.2, 0) is 11.2 Å². The van der Waals surface area contributed by atoms with Crippen LogP contribution in [0.5, 0.6) is 0 Å². The van der Waals surface area contributed by atoms with Gasteiger partial charge >= 0.3 is 0 Å². The lowest BCUT2D eigenvalue weighted by Crippen LogP contribution is -2.37. The molecule has 2 heterocycles. The number of aliphatic hydroxyl groups is 1. The molecule has 2 rings (SSSR count). The zero-order chi connectivity index (χ0) is 9.86. The highest BCUT2D eigenvalue weighted by Crippen LogP contribution is 2.31. The average Bonchev–Trinajstić information content (AvgIpc) is 2.72. The van der Waals surface area contributed by atoms with Crippen molar-refractivity contribution in [2.75, 3.05) is 19.8 Å². The molecule has 0 spiro atoms. The van der Waals surface area contributed by atoms with E-state index in [1.54, 1.807) is 6.20 Å². The van der Waals surface area contributed by atoms with Crippen molar-refractivity contribution in [1.29, 1.82) is 0 Å². The monoisotopic (exact) mass is 214 g/mol. The maximum Gasteiger partial charge on any atom is 0.0750 e. The van der Waals surface area contributed by atoms with Gasteiger partial charge in [0.1, 0.15) is 0 Å². The molecule has 0 aromatic carbocycles. The Labute approximate surface area is 87.2 Å². The number of aromatic nitrogens is 2. The molecule has 1 fully saturated rings. The standard InChI is InChI=1S/C9H14N2O2S/c12-6-9(2-1-3-13-7-9)4-8-5-10-14-11-8/h5,12H,1-4,6-7H2. The predicted molar refractivity (Wildman–Crippen MR) is 53.2 cm³/mol. The first-order chi connectivity index (χ1) is 6.85. The lowest BCUT2D eigenvalue weighted by molar-refractivity contribution is -0.0382. The first-order valence-electron chi connectivity index (χ1n) is 4.80. The van der Waals surface area contributed by atoms with E-state index < -0.39 is 0 Å². The van der Waals surface area contributed by atoms with Crippen LogP contribution in [0.2, 0.25) is 0 Å². The molecule has 1 aromatic rings. The largest absolute Gasteiger partial charge is 0.396 e. The third-order valence-corrected chi connectivity index (χ3v) is 3.22. The Balaban J connectivity index is 2.04. The quantitative estimate of drug-likeness (QED) is 0.811. The number of aliphatic hydroxyl groups excluding tert-OH is 1. The van der Waals surface area contributed by atoms with Crippen LogP contribution in [0.15, 0.2) is 6.20 Å². The number of rotatable bonds is 3. The highest BCUT2D eigenvalue weighted by Gasteiger charge is 2.33. The van der Waals surface area contributed by atoms with Crippen molar-refractivity contribution in [3.8, 4) is 0 Å². The first-order valence-corrected chi connectivity index (χ1v) is 5.53. The van der Waals surface area contributed by atoms with E-state index >= 15 is 0 Å². The van der Waals surface area contributed by atoms with Gasteiger partial charge in [-0.3, -0.25) is 0 Å². The van der Waals surface area contributed by atoms with Crippen molar-refractivity contribution in [3.63, 3.8) is 0 Å². The van der Waals surface area contributed by atoms with Gasteiger partial charge < -0.3 is 9.84 Å². The second-order valence-electron chi connectivity index (χ2n) is 3.89. The zero-order valence-electron chi connectivity index (χ0n) is 7.98. The smallest absolute Gasteiger partial charge is 0.0750 e. The molecule has 0 bridgehead atoms. The van der Waals surface area contributed by atoms with E-state index in [4.69, 9.17) is 4.74 Å². The van der Waals surface area contributed by atoms with Gasteiger partial charge in [-0.15, -0.1) is 0 Å². The van der Waals surface area contributed by atoms with Crippen molar-refractivity contribution in [2.24, 2.45) is 5.41 Å². The van der Waals surface area contributed by atoms with Gasteiger partial charge in [0.05, 0.1) is 36.8 Å². The molecule has 0 aliphatic carbocycles. The summed E-state index contributed by atoms with van der Waals surface area (Å²) in [5, 5.41) is 9.42. The van der Waals surface area contributed by atoms with E-state index in [0.717, 1.165) is 31.6 Å². The van der Waals surface area contributed by atoms with Crippen molar-refractivity contribution in [3.05, 3.63) is 11.9 Å². The Kier molecular flexibility index (Phi) is 3.10. The normalized spacial score (nSPS) is 27.8. The molecule has 1 unspecified atom stereocenters. The minimum Gasteiger partial charge on any atom is -0.396 e. The second-order valence-corrected chi connectivity index (χ2v) is 4.45. The molecule has 0 radical (unpaired) electrons. The lowest BCUT2D eigenvalue weighted by atomic mass is 9.79. The predicted octanol–water partition coefficient (Wildman–Crippen LogP) is 0.870. The van der Waals surface area contributed by atoms with Crippen LogP contribution in [0, 0.1) is 5.41 Å². The van der Waals surface area contributed by atoms with Crippen LogP contribution in [0.25, 0.3) is 0 Å². The van der Waals surface area contributed by atoms with Gasteiger partial charge in [-0.05, 0) is 12.8 Å². The maximum absolute atomic E-state index is 9.42. The van der Waals surface area contributed by atoms with E-state index in [9.17, 15) is 5.11 Å². The minimum absolute atomic E-state index is 0.117. The molecule has 14 heavy (non-hydrogen) atoms. The Bertz CT molecular complexity index is 270. The minimum atomic E-state index is -0.117. The molecule has 1 aromatic heterocycles. The molecule has 1 aliphatic rings. The summed E-state index contributed by atoms with van der Waals surface area (Å²) in [6.45, 7) is 1.63. The lowest BCUT2D eigenvalue weighted by Gasteiger charge is -2.34. The van der Waals surface area contributed by atoms with Crippen molar-refractivity contribution < 1.29 is 9.84 Å². The van der Waals surface area contributed by atoms with E-state index in [1.165, 1.54) is 11.7 Å². The summed E-state index contributed by atoms with van der Waals surface area (Å²) in [5.74, 6) is 0. The zero-order valence-corrected chi connectivity index (χ0v) is 8.79. The molecule has 0 saturated carbocycles.